The SMILES string of the molecule is C/C=N/OCC1CC1. The van der Waals surface area contributed by atoms with E-state index in [9.17, 15) is 0 Å². The van der Waals surface area contributed by atoms with Crippen LogP contribution in [0.3, 0.4) is 0 Å². The Morgan fingerprint density at radius 1 is 1.75 bits per heavy atom. The van der Waals surface area contributed by atoms with Crippen LogP contribution in [0, 0.1) is 5.92 Å². The summed E-state index contributed by atoms with van der Waals surface area (Å²) in [4.78, 5) is 4.88. The highest BCUT2D eigenvalue weighted by Gasteiger charge is 2.21. The molecule has 1 rings (SSSR count). The van der Waals surface area contributed by atoms with Crippen LogP contribution in [0.4, 0.5) is 0 Å². The van der Waals surface area contributed by atoms with Crippen LogP contribution in [0.1, 0.15) is 19.8 Å². The van der Waals surface area contributed by atoms with Crippen LogP contribution < -0.4 is 0 Å². The van der Waals surface area contributed by atoms with Crippen LogP contribution in [0.15, 0.2) is 5.16 Å². The molecule has 0 saturated heterocycles. The zero-order chi connectivity index (χ0) is 5.82. The molecule has 0 atom stereocenters. The minimum absolute atomic E-state index is 0.818. The van der Waals surface area contributed by atoms with Crippen molar-refractivity contribution in [1.82, 2.24) is 0 Å². The van der Waals surface area contributed by atoms with E-state index in [4.69, 9.17) is 4.84 Å². The minimum atomic E-state index is 0.818. The molecule has 1 aliphatic carbocycles. The van der Waals surface area contributed by atoms with E-state index in [0.29, 0.717) is 0 Å². The molecule has 0 aromatic carbocycles. The number of hydrogen-bond donors (Lipinski definition) is 0. The molecule has 2 heteroatoms. The third kappa shape index (κ3) is 1.96. The van der Waals surface area contributed by atoms with Crippen LogP contribution in [0.25, 0.3) is 0 Å². The monoisotopic (exact) mass is 113 g/mol. The van der Waals surface area contributed by atoms with Gasteiger partial charge in [0, 0.05) is 6.21 Å². The molecule has 0 N–H and O–H groups in total. The highest BCUT2D eigenvalue weighted by atomic mass is 16.6. The number of nitrogens with zero attached hydrogens (tertiary/aromatic N) is 1. The maximum absolute atomic E-state index is 4.88. The standard InChI is InChI=1S/C6H11NO/c1-2-7-8-5-6-3-4-6/h2,6H,3-5H2,1H3/b7-2+. The van der Waals surface area contributed by atoms with E-state index in [0.717, 1.165) is 12.5 Å². The molecule has 0 unspecified atom stereocenters. The Morgan fingerprint density at radius 2 is 2.50 bits per heavy atom. The first-order chi connectivity index (χ1) is 3.93. The van der Waals surface area contributed by atoms with Gasteiger partial charge in [-0.05, 0) is 25.7 Å². The molecule has 46 valence electrons. The fourth-order valence-electron chi connectivity index (χ4n) is 0.507. The molecular formula is C6H11NO. The van der Waals surface area contributed by atoms with Crippen molar-refractivity contribution in [3.63, 3.8) is 0 Å². The number of rotatable bonds is 3. The molecule has 8 heavy (non-hydrogen) atoms. The molecule has 1 saturated carbocycles. The molecule has 0 radical (unpaired) electrons. The first-order valence-electron chi connectivity index (χ1n) is 3.03. The van der Waals surface area contributed by atoms with Gasteiger partial charge in [-0.3, -0.25) is 0 Å². The quantitative estimate of drug-likeness (QED) is 0.400. The first-order valence-corrected chi connectivity index (χ1v) is 3.03. The highest BCUT2D eigenvalue weighted by molar-refractivity contribution is 5.52. The number of oxime groups is 1. The van der Waals surface area contributed by atoms with Crippen molar-refractivity contribution in [2.45, 2.75) is 19.8 Å². The Kier molecular flexibility index (Phi) is 1.89. The van der Waals surface area contributed by atoms with Crippen LogP contribution in [-0.2, 0) is 4.84 Å². The average molecular weight is 113 g/mol. The van der Waals surface area contributed by atoms with Crippen LogP contribution in [0.5, 0.6) is 0 Å². The van der Waals surface area contributed by atoms with Crippen LogP contribution >= 0.6 is 0 Å². The largest absolute Gasteiger partial charge is 0.396 e. The normalized spacial score (nSPS) is 19.6. The van der Waals surface area contributed by atoms with E-state index >= 15 is 0 Å². The predicted molar refractivity (Wildman–Crippen MR) is 32.8 cm³/mol. The van der Waals surface area contributed by atoms with Crippen molar-refractivity contribution in [2.24, 2.45) is 11.1 Å². The first kappa shape index (κ1) is 5.60. The summed E-state index contributed by atoms with van der Waals surface area (Å²) in [6, 6.07) is 0. The van der Waals surface area contributed by atoms with Crippen molar-refractivity contribution < 1.29 is 4.84 Å². The molecule has 2 nitrogen and oxygen atoms in total. The Balaban J connectivity index is 1.88. The Labute approximate surface area is 49.5 Å². The van der Waals surface area contributed by atoms with Gasteiger partial charge in [0.2, 0.25) is 0 Å². The van der Waals surface area contributed by atoms with Gasteiger partial charge in [-0.15, -0.1) is 0 Å². The summed E-state index contributed by atoms with van der Waals surface area (Å²) < 4.78 is 0. The lowest BCUT2D eigenvalue weighted by Crippen LogP contribution is -1.87. The summed E-state index contributed by atoms with van der Waals surface area (Å²) in [5.41, 5.74) is 0. The topological polar surface area (TPSA) is 21.6 Å². The van der Waals surface area contributed by atoms with Crippen molar-refractivity contribution in [3.05, 3.63) is 0 Å². The van der Waals surface area contributed by atoms with E-state index in [1.165, 1.54) is 12.8 Å². The van der Waals surface area contributed by atoms with E-state index in [-0.39, 0.29) is 0 Å². The van der Waals surface area contributed by atoms with E-state index < -0.39 is 0 Å². The van der Waals surface area contributed by atoms with E-state index in [2.05, 4.69) is 5.16 Å². The van der Waals surface area contributed by atoms with Gasteiger partial charge in [-0.1, -0.05) is 5.16 Å². The van der Waals surface area contributed by atoms with Gasteiger partial charge in [-0.2, -0.15) is 0 Å². The molecule has 0 aromatic heterocycles. The lowest BCUT2D eigenvalue weighted by Gasteiger charge is -1.91. The van der Waals surface area contributed by atoms with Gasteiger partial charge in [0.15, 0.2) is 0 Å². The predicted octanol–water partition coefficient (Wildman–Crippen LogP) is 1.42. The molecular weight excluding hydrogens is 102 g/mol. The van der Waals surface area contributed by atoms with Gasteiger partial charge in [0.1, 0.15) is 6.61 Å². The van der Waals surface area contributed by atoms with Crippen molar-refractivity contribution >= 4 is 6.21 Å². The summed E-state index contributed by atoms with van der Waals surface area (Å²) in [6.07, 6.45) is 4.33. The summed E-state index contributed by atoms with van der Waals surface area (Å²) in [7, 11) is 0. The third-order valence-electron chi connectivity index (χ3n) is 1.19. The van der Waals surface area contributed by atoms with Gasteiger partial charge < -0.3 is 4.84 Å². The molecule has 0 heterocycles. The lowest BCUT2D eigenvalue weighted by molar-refractivity contribution is 0.135. The Bertz CT molecular complexity index is 86.5. The molecule has 0 amide bonds. The van der Waals surface area contributed by atoms with Crippen LogP contribution in [-0.4, -0.2) is 12.8 Å². The average Bonchev–Trinajstić information content (AvgIpc) is 2.51. The maximum Gasteiger partial charge on any atom is 0.120 e. The molecule has 0 bridgehead atoms. The van der Waals surface area contributed by atoms with Crippen LogP contribution in [0.2, 0.25) is 0 Å². The van der Waals surface area contributed by atoms with Crippen molar-refractivity contribution in [3.8, 4) is 0 Å². The molecule has 0 aromatic rings. The lowest BCUT2D eigenvalue weighted by atomic mass is 10.5. The second-order valence-electron chi connectivity index (χ2n) is 2.10. The molecule has 1 fully saturated rings. The fraction of sp³-hybridized carbons (Fsp3) is 0.833. The highest BCUT2D eigenvalue weighted by Crippen LogP contribution is 2.28. The van der Waals surface area contributed by atoms with Gasteiger partial charge in [0.25, 0.3) is 0 Å². The van der Waals surface area contributed by atoms with Crippen molar-refractivity contribution in [2.75, 3.05) is 6.61 Å². The second-order valence-corrected chi connectivity index (χ2v) is 2.10. The Hall–Kier alpha value is -0.530. The maximum atomic E-state index is 4.88. The summed E-state index contributed by atoms with van der Waals surface area (Å²) >= 11 is 0. The van der Waals surface area contributed by atoms with E-state index in [1.54, 1.807) is 6.21 Å². The smallest absolute Gasteiger partial charge is 0.120 e. The number of hydrogen-bond acceptors (Lipinski definition) is 2. The van der Waals surface area contributed by atoms with E-state index in [1.807, 2.05) is 6.92 Å². The molecule has 0 aliphatic heterocycles. The van der Waals surface area contributed by atoms with Gasteiger partial charge in [-0.25, -0.2) is 0 Å². The summed E-state index contributed by atoms with van der Waals surface area (Å²) in [6.45, 7) is 2.68. The third-order valence-corrected chi connectivity index (χ3v) is 1.19. The zero-order valence-corrected chi connectivity index (χ0v) is 5.13. The minimum Gasteiger partial charge on any atom is -0.396 e. The second kappa shape index (κ2) is 2.70. The molecule has 1 aliphatic rings. The molecule has 0 spiro atoms. The van der Waals surface area contributed by atoms with Gasteiger partial charge in [0.05, 0.1) is 0 Å². The fourth-order valence-corrected chi connectivity index (χ4v) is 0.507. The zero-order valence-electron chi connectivity index (χ0n) is 5.13. The van der Waals surface area contributed by atoms with Crippen molar-refractivity contribution in [1.29, 1.82) is 0 Å². The summed E-state index contributed by atoms with van der Waals surface area (Å²) in [5, 5.41) is 3.63. The summed E-state index contributed by atoms with van der Waals surface area (Å²) in [5.74, 6) is 0.818. The Morgan fingerprint density at radius 3 is 3.00 bits per heavy atom. The van der Waals surface area contributed by atoms with Gasteiger partial charge >= 0.3 is 0 Å².